The zero-order valence-electron chi connectivity index (χ0n) is 11.3. The first-order chi connectivity index (χ1) is 9.08. The number of hydrogen-bond acceptors (Lipinski definition) is 4. The molecule has 19 heavy (non-hydrogen) atoms. The van der Waals surface area contributed by atoms with E-state index in [2.05, 4.69) is 23.9 Å². The van der Waals surface area contributed by atoms with Crippen molar-refractivity contribution >= 4 is 17.5 Å². The second kappa shape index (κ2) is 6.02. The lowest BCUT2D eigenvalue weighted by molar-refractivity contribution is 0.101. The van der Waals surface area contributed by atoms with Crippen molar-refractivity contribution in [3.8, 4) is 0 Å². The highest BCUT2D eigenvalue weighted by molar-refractivity contribution is 7.98. The maximum absolute atomic E-state index is 11.2. The van der Waals surface area contributed by atoms with Gasteiger partial charge in [-0.15, -0.1) is 11.8 Å². The van der Waals surface area contributed by atoms with E-state index in [0.717, 1.165) is 22.0 Å². The number of hydrogen-bond donors (Lipinski definition) is 0. The maximum Gasteiger partial charge on any atom is 0.159 e. The Morgan fingerprint density at radius 1 is 1.32 bits per heavy atom. The van der Waals surface area contributed by atoms with Gasteiger partial charge in [-0.25, -0.2) is 9.67 Å². The molecule has 5 heteroatoms. The zero-order valence-corrected chi connectivity index (χ0v) is 12.1. The van der Waals surface area contributed by atoms with Gasteiger partial charge in [-0.2, -0.15) is 5.10 Å². The van der Waals surface area contributed by atoms with Crippen molar-refractivity contribution in [1.29, 1.82) is 0 Å². The van der Waals surface area contributed by atoms with Gasteiger partial charge in [0.1, 0.15) is 12.2 Å². The smallest absolute Gasteiger partial charge is 0.159 e. The fourth-order valence-corrected chi connectivity index (χ4v) is 2.57. The van der Waals surface area contributed by atoms with Crippen molar-refractivity contribution in [3.05, 3.63) is 42.0 Å². The molecule has 0 fully saturated rings. The maximum atomic E-state index is 11.2. The molecule has 4 nitrogen and oxygen atoms in total. The molecule has 1 aromatic carbocycles. The first kappa shape index (κ1) is 13.8. The highest BCUT2D eigenvalue weighted by Gasteiger charge is 2.08. The summed E-state index contributed by atoms with van der Waals surface area (Å²) in [5.74, 6) is 1.84. The van der Waals surface area contributed by atoms with Crippen molar-refractivity contribution in [1.82, 2.24) is 14.8 Å². The molecule has 0 amide bonds. The van der Waals surface area contributed by atoms with Gasteiger partial charge in [0.2, 0.25) is 0 Å². The minimum atomic E-state index is 0.0936. The van der Waals surface area contributed by atoms with Crippen LogP contribution >= 0.6 is 11.8 Å². The van der Waals surface area contributed by atoms with Crippen LogP contribution in [0.15, 0.2) is 35.5 Å². The monoisotopic (exact) mass is 275 g/mol. The van der Waals surface area contributed by atoms with E-state index in [4.69, 9.17) is 0 Å². The number of thioether (sulfide) groups is 1. The van der Waals surface area contributed by atoms with Crippen molar-refractivity contribution in [3.63, 3.8) is 0 Å². The van der Waals surface area contributed by atoms with Crippen molar-refractivity contribution in [2.75, 3.05) is 0 Å². The highest BCUT2D eigenvalue weighted by atomic mass is 32.2. The van der Waals surface area contributed by atoms with Crippen LogP contribution in [-0.4, -0.2) is 20.5 Å². The predicted octanol–water partition coefficient (Wildman–Crippen LogP) is 3.35. The average Bonchev–Trinajstić information content (AvgIpc) is 2.85. The van der Waals surface area contributed by atoms with E-state index in [-0.39, 0.29) is 5.78 Å². The molecule has 0 N–H and O–H groups in total. The molecule has 0 unspecified atom stereocenters. The fraction of sp³-hybridized carbons (Fsp3) is 0.357. The summed E-state index contributed by atoms with van der Waals surface area (Å²) < 4.78 is 1.93. The van der Waals surface area contributed by atoms with E-state index in [1.54, 1.807) is 25.0 Å². The largest absolute Gasteiger partial charge is 0.295 e. The molecule has 0 spiro atoms. The van der Waals surface area contributed by atoms with Crippen molar-refractivity contribution < 1.29 is 4.79 Å². The van der Waals surface area contributed by atoms with Gasteiger partial charge in [0, 0.05) is 16.5 Å². The van der Waals surface area contributed by atoms with Gasteiger partial charge in [0.25, 0.3) is 0 Å². The third kappa shape index (κ3) is 3.44. The molecular weight excluding hydrogens is 258 g/mol. The zero-order chi connectivity index (χ0) is 13.8. The molecule has 0 aliphatic rings. The van der Waals surface area contributed by atoms with Crippen LogP contribution in [0.1, 0.15) is 43.0 Å². The molecule has 1 heterocycles. The van der Waals surface area contributed by atoms with E-state index in [1.165, 1.54) is 0 Å². The lowest BCUT2D eigenvalue weighted by atomic mass is 10.2. The Morgan fingerprint density at radius 2 is 2.00 bits per heavy atom. The normalized spacial score (nSPS) is 10.9. The molecule has 0 bridgehead atoms. The van der Waals surface area contributed by atoms with Gasteiger partial charge in [0.05, 0.1) is 5.75 Å². The molecule has 0 aliphatic carbocycles. The molecule has 0 radical (unpaired) electrons. The molecular formula is C14H17N3OS. The summed E-state index contributed by atoms with van der Waals surface area (Å²) in [7, 11) is 0. The van der Waals surface area contributed by atoms with E-state index < -0.39 is 0 Å². The van der Waals surface area contributed by atoms with Gasteiger partial charge in [0.15, 0.2) is 5.78 Å². The van der Waals surface area contributed by atoms with E-state index in [9.17, 15) is 4.79 Å². The topological polar surface area (TPSA) is 47.8 Å². The standard InChI is InChI=1S/C14H17N3OS/c1-10(2)17-14(15-9-16-17)8-19-13-6-4-12(5-7-13)11(3)18/h4-7,9-10H,8H2,1-3H3. The Balaban J connectivity index is 2.02. The number of ketones is 1. The number of rotatable bonds is 5. The lowest BCUT2D eigenvalue weighted by Gasteiger charge is -2.09. The number of benzene rings is 1. The van der Waals surface area contributed by atoms with Crippen LogP contribution < -0.4 is 0 Å². The second-order valence-electron chi connectivity index (χ2n) is 4.58. The van der Waals surface area contributed by atoms with E-state index in [0.29, 0.717) is 6.04 Å². The van der Waals surface area contributed by atoms with Crippen LogP contribution in [0.3, 0.4) is 0 Å². The number of nitrogens with zero attached hydrogens (tertiary/aromatic N) is 3. The van der Waals surface area contributed by atoms with Gasteiger partial charge in [-0.3, -0.25) is 4.79 Å². The minimum Gasteiger partial charge on any atom is -0.295 e. The fourth-order valence-electron chi connectivity index (χ4n) is 1.74. The Morgan fingerprint density at radius 3 is 2.58 bits per heavy atom. The lowest BCUT2D eigenvalue weighted by Crippen LogP contribution is -2.07. The predicted molar refractivity (Wildman–Crippen MR) is 76.4 cm³/mol. The summed E-state index contributed by atoms with van der Waals surface area (Å²) in [6, 6.07) is 7.98. The summed E-state index contributed by atoms with van der Waals surface area (Å²) in [4.78, 5) is 16.6. The van der Waals surface area contributed by atoms with Crippen molar-refractivity contribution in [2.24, 2.45) is 0 Å². The first-order valence-corrected chi connectivity index (χ1v) is 7.18. The summed E-state index contributed by atoms with van der Waals surface area (Å²) in [6.07, 6.45) is 1.59. The summed E-state index contributed by atoms with van der Waals surface area (Å²) >= 11 is 1.70. The third-order valence-corrected chi connectivity index (χ3v) is 3.77. The van der Waals surface area contributed by atoms with E-state index in [1.807, 2.05) is 28.9 Å². The van der Waals surface area contributed by atoms with Gasteiger partial charge in [-0.1, -0.05) is 12.1 Å². The number of Topliss-reactive ketones (excluding diaryl/α,β-unsaturated/α-hetero) is 1. The van der Waals surface area contributed by atoms with E-state index >= 15 is 0 Å². The van der Waals surface area contributed by atoms with Crippen LogP contribution in [0.5, 0.6) is 0 Å². The molecule has 0 atom stereocenters. The summed E-state index contributed by atoms with van der Waals surface area (Å²) in [5.41, 5.74) is 0.745. The Hall–Kier alpha value is -1.62. The molecule has 0 aliphatic heterocycles. The third-order valence-electron chi connectivity index (χ3n) is 2.77. The van der Waals surface area contributed by atoms with Gasteiger partial charge >= 0.3 is 0 Å². The second-order valence-corrected chi connectivity index (χ2v) is 5.63. The molecule has 100 valence electrons. The number of carbonyl (C=O) groups is 1. The highest BCUT2D eigenvalue weighted by Crippen LogP contribution is 2.23. The minimum absolute atomic E-state index is 0.0936. The SMILES string of the molecule is CC(=O)c1ccc(SCc2ncnn2C(C)C)cc1. The number of carbonyl (C=O) groups excluding carboxylic acids is 1. The quantitative estimate of drug-likeness (QED) is 0.620. The van der Waals surface area contributed by atoms with Crippen LogP contribution in [0.2, 0.25) is 0 Å². The molecule has 2 aromatic rings. The average molecular weight is 275 g/mol. The van der Waals surface area contributed by atoms with Crippen LogP contribution in [-0.2, 0) is 5.75 Å². The van der Waals surface area contributed by atoms with Gasteiger partial charge < -0.3 is 0 Å². The molecule has 0 saturated heterocycles. The summed E-state index contributed by atoms with van der Waals surface area (Å²) in [6.45, 7) is 5.75. The first-order valence-electron chi connectivity index (χ1n) is 6.20. The van der Waals surface area contributed by atoms with Crippen LogP contribution in [0, 0.1) is 0 Å². The molecule has 0 saturated carbocycles. The van der Waals surface area contributed by atoms with Crippen LogP contribution in [0.25, 0.3) is 0 Å². The Kier molecular flexibility index (Phi) is 4.37. The van der Waals surface area contributed by atoms with Crippen molar-refractivity contribution in [2.45, 2.75) is 37.5 Å². The molecule has 2 rings (SSSR count). The molecule has 1 aromatic heterocycles. The number of aromatic nitrogens is 3. The van der Waals surface area contributed by atoms with Crippen LogP contribution in [0.4, 0.5) is 0 Å². The Bertz CT molecular complexity index is 560. The summed E-state index contributed by atoms with van der Waals surface area (Å²) in [5, 5.41) is 4.21. The van der Waals surface area contributed by atoms with Gasteiger partial charge in [-0.05, 0) is 32.9 Å². The Labute approximate surface area is 117 Å².